The molecule has 4 rings (SSSR count). The number of nitrogens with zero attached hydrogens (tertiary/aromatic N) is 1. The number of benzene rings is 3. The van der Waals surface area contributed by atoms with Gasteiger partial charge in [0.05, 0.1) is 5.92 Å². The van der Waals surface area contributed by atoms with Gasteiger partial charge >= 0.3 is 0 Å². The number of aromatic nitrogens is 1. The summed E-state index contributed by atoms with van der Waals surface area (Å²) in [6, 6.07) is 23.3. The smallest absolute Gasteiger partial charge is 0.214 e. The molecule has 0 spiro atoms. The summed E-state index contributed by atoms with van der Waals surface area (Å²) in [4.78, 5) is 14.4. The van der Waals surface area contributed by atoms with Crippen LogP contribution in [0.15, 0.2) is 83.5 Å². The zero-order chi connectivity index (χ0) is 20.2. The fourth-order valence-corrected chi connectivity index (χ4v) is 3.80. The highest BCUT2D eigenvalue weighted by molar-refractivity contribution is 9.10. The molecule has 0 bridgehead atoms. The highest BCUT2D eigenvalue weighted by Crippen LogP contribution is 2.36. The van der Waals surface area contributed by atoms with Crippen molar-refractivity contribution in [2.75, 3.05) is 6.54 Å². The maximum Gasteiger partial charge on any atom is 0.214 e. The Labute approximate surface area is 176 Å². The Morgan fingerprint density at radius 3 is 2.48 bits per heavy atom. The van der Waals surface area contributed by atoms with E-state index in [1.807, 2.05) is 79.0 Å². The lowest BCUT2D eigenvalue weighted by molar-refractivity contribution is -0.481. The summed E-state index contributed by atoms with van der Waals surface area (Å²) in [5.74, 6) is 0.245. The Morgan fingerprint density at radius 2 is 1.69 bits per heavy atom. The standard InChI is InChI=1S/C23H19BrN2O3/c24-17-11-9-16(10-12-17)15-29-23-8-4-2-6-19(23)21(14-26(27)28)20-13-25-22-7-3-1-5-18(20)22/h1-13,21,25H,14-15H2/t21-/m1/s1. The maximum absolute atomic E-state index is 11.5. The molecular weight excluding hydrogens is 432 g/mol. The van der Waals surface area contributed by atoms with Crippen LogP contribution in [0.25, 0.3) is 10.9 Å². The molecular formula is C23H19BrN2O3. The molecule has 4 aromatic rings. The van der Waals surface area contributed by atoms with E-state index in [0.29, 0.717) is 12.4 Å². The van der Waals surface area contributed by atoms with Crippen molar-refractivity contribution < 1.29 is 9.66 Å². The third-order valence-corrected chi connectivity index (χ3v) is 5.46. The van der Waals surface area contributed by atoms with Crippen molar-refractivity contribution in [3.8, 4) is 5.75 Å². The van der Waals surface area contributed by atoms with Gasteiger partial charge in [0.25, 0.3) is 0 Å². The predicted molar refractivity (Wildman–Crippen MR) is 117 cm³/mol. The van der Waals surface area contributed by atoms with E-state index in [-0.39, 0.29) is 11.5 Å². The number of H-pyrrole nitrogens is 1. The number of nitrogens with one attached hydrogen (secondary N) is 1. The monoisotopic (exact) mass is 450 g/mol. The minimum Gasteiger partial charge on any atom is -0.489 e. The van der Waals surface area contributed by atoms with Crippen LogP contribution in [0.1, 0.15) is 22.6 Å². The Balaban J connectivity index is 1.70. The molecule has 1 atom stereocenters. The van der Waals surface area contributed by atoms with Gasteiger partial charge in [-0.15, -0.1) is 0 Å². The zero-order valence-electron chi connectivity index (χ0n) is 15.5. The number of nitro groups is 1. The quantitative estimate of drug-likeness (QED) is 0.280. The molecule has 1 aromatic heterocycles. The minimum absolute atomic E-state index is 0.208. The van der Waals surface area contributed by atoms with Crippen LogP contribution < -0.4 is 4.74 Å². The van der Waals surface area contributed by atoms with Crippen LogP contribution in [0.3, 0.4) is 0 Å². The first-order valence-electron chi connectivity index (χ1n) is 9.26. The number of para-hydroxylation sites is 2. The van der Waals surface area contributed by atoms with Crippen LogP contribution in [0.5, 0.6) is 5.75 Å². The lowest BCUT2D eigenvalue weighted by atomic mass is 9.90. The second-order valence-electron chi connectivity index (χ2n) is 6.81. The summed E-state index contributed by atoms with van der Waals surface area (Å²) in [5, 5.41) is 12.5. The van der Waals surface area contributed by atoms with E-state index in [1.165, 1.54) is 0 Å². The van der Waals surface area contributed by atoms with Crippen molar-refractivity contribution in [1.29, 1.82) is 0 Å². The molecule has 3 aromatic carbocycles. The van der Waals surface area contributed by atoms with Gasteiger partial charge in [0.1, 0.15) is 12.4 Å². The lowest BCUT2D eigenvalue weighted by Crippen LogP contribution is -2.15. The number of hydrogen-bond acceptors (Lipinski definition) is 3. The summed E-state index contributed by atoms with van der Waals surface area (Å²) in [5.41, 5.74) is 3.70. The van der Waals surface area contributed by atoms with Gasteiger partial charge in [-0.3, -0.25) is 10.1 Å². The SMILES string of the molecule is O=[N+]([O-])C[C@H](c1ccccc1OCc1ccc(Br)cc1)c1c[nH]c2ccccc12. The van der Waals surface area contributed by atoms with Crippen LogP contribution in [-0.2, 0) is 6.61 Å². The molecule has 5 nitrogen and oxygen atoms in total. The van der Waals surface area contributed by atoms with E-state index < -0.39 is 5.92 Å². The number of ether oxygens (including phenoxy) is 1. The summed E-state index contributed by atoms with van der Waals surface area (Å²) >= 11 is 3.43. The lowest BCUT2D eigenvalue weighted by Gasteiger charge is -2.18. The summed E-state index contributed by atoms with van der Waals surface area (Å²) in [7, 11) is 0. The molecule has 0 amide bonds. The summed E-state index contributed by atoms with van der Waals surface area (Å²) in [6.07, 6.45) is 1.87. The molecule has 0 saturated carbocycles. The first-order valence-corrected chi connectivity index (χ1v) is 10.0. The molecule has 0 fully saturated rings. The zero-order valence-corrected chi connectivity index (χ0v) is 17.1. The van der Waals surface area contributed by atoms with Crippen LogP contribution in [0.2, 0.25) is 0 Å². The molecule has 0 aliphatic heterocycles. The van der Waals surface area contributed by atoms with Gasteiger partial charge < -0.3 is 9.72 Å². The first kappa shape index (κ1) is 19.2. The number of rotatable bonds is 7. The third kappa shape index (κ3) is 4.32. The van der Waals surface area contributed by atoms with Crippen molar-refractivity contribution in [1.82, 2.24) is 4.98 Å². The molecule has 0 saturated heterocycles. The largest absolute Gasteiger partial charge is 0.489 e. The molecule has 0 radical (unpaired) electrons. The highest BCUT2D eigenvalue weighted by Gasteiger charge is 2.26. The van der Waals surface area contributed by atoms with Gasteiger partial charge in [0, 0.05) is 32.1 Å². The van der Waals surface area contributed by atoms with Crippen molar-refractivity contribution in [3.63, 3.8) is 0 Å². The minimum atomic E-state index is -0.415. The van der Waals surface area contributed by atoms with Crippen molar-refractivity contribution in [3.05, 3.63) is 110 Å². The van der Waals surface area contributed by atoms with E-state index in [4.69, 9.17) is 4.74 Å². The van der Waals surface area contributed by atoms with E-state index >= 15 is 0 Å². The van der Waals surface area contributed by atoms with Gasteiger partial charge in [-0.1, -0.05) is 64.5 Å². The Kier molecular flexibility index (Phi) is 5.62. The average molecular weight is 451 g/mol. The van der Waals surface area contributed by atoms with Crippen LogP contribution in [0.4, 0.5) is 0 Å². The van der Waals surface area contributed by atoms with E-state index in [1.54, 1.807) is 0 Å². The summed E-state index contributed by atoms with van der Waals surface area (Å²) in [6.45, 7) is 0.184. The molecule has 0 aliphatic carbocycles. The Bertz CT molecular complexity index is 1140. The molecule has 0 unspecified atom stereocenters. The number of fused-ring (bicyclic) bond motifs is 1. The van der Waals surface area contributed by atoms with Gasteiger partial charge in [0.15, 0.2) is 0 Å². The van der Waals surface area contributed by atoms with Crippen LogP contribution in [-0.4, -0.2) is 16.5 Å². The van der Waals surface area contributed by atoms with Crippen LogP contribution >= 0.6 is 15.9 Å². The first-order chi connectivity index (χ1) is 14.1. The molecule has 146 valence electrons. The maximum atomic E-state index is 11.5. The molecule has 1 N–H and O–H groups in total. The predicted octanol–water partition coefficient (Wildman–Crippen LogP) is 5.92. The third-order valence-electron chi connectivity index (χ3n) is 4.93. The number of hydrogen-bond donors (Lipinski definition) is 1. The van der Waals surface area contributed by atoms with E-state index in [0.717, 1.165) is 32.1 Å². The van der Waals surface area contributed by atoms with Gasteiger partial charge in [-0.25, -0.2) is 0 Å². The number of halogens is 1. The van der Waals surface area contributed by atoms with Gasteiger partial charge in [-0.2, -0.15) is 0 Å². The topological polar surface area (TPSA) is 68.2 Å². The summed E-state index contributed by atoms with van der Waals surface area (Å²) < 4.78 is 7.09. The molecule has 1 heterocycles. The van der Waals surface area contributed by atoms with Crippen molar-refractivity contribution in [2.24, 2.45) is 0 Å². The van der Waals surface area contributed by atoms with Gasteiger partial charge in [0.2, 0.25) is 6.54 Å². The van der Waals surface area contributed by atoms with Crippen molar-refractivity contribution in [2.45, 2.75) is 12.5 Å². The van der Waals surface area contributed by atoms with Gasteiger partial charge in [-0.05, 0) is 35.4 Å². The number of aromatic amines is 1. The van der Waals surface area contributed by atoms with E-state index in [2.05, 4.69) is 20.9 Å². The fourth-order valence-electron chi connectivity index (χ4n) is 3.54. The second-order valence-corrected chi connectivity index (χ2v) is 7.73. The normalized spacial score (nSPS) is 12.0. The Morgan fingerprint density at radius 1 is 0.966 bits per heavy atom. The highest BCUT2D eigenvalue weighted by atomic mass is 79.9. The van der Waals surface area contributed by atoms with E-state index in [9.17, 15) is 10.1 Å². The second kappa shape index (κ2) is 8.49. The molecule has 0 aliphatic rings. The molecule has 29 heavy (non-hydrogen) atoms. The Hall–Kier alpha value is -3.12. The molecule has 6 heteroatoms. The van der Waals surface area contributed by atoms with Crippen molar-refractivity contribution >= 4 is 26.8 Å². The van der Waals surface area contributed by atoms with Crippen LogP contribution in [0, 0.1) is 10.1 Å². The average Bonchev–Trinajstić information content (AvgIpc) is 3.16. The fraction of sp³-hybridized carbons (Fsp3) is 0.130.